The average Bonchev–Trinajstić information content (AvgIpc) is 2.04. The fraction of sp³-hybridized carbons (Fsp3) is 1.00. The lowest BCUT2D eigenvalue weighted by Crippen LogP contribution is -2.30. The van der Waals surface area contributed by atoms with Crippen molar-refractivity contribution in [3.63, 3.8) is 0 Å². The van der Waals surface area contributed by atoms with Gasteiger partial charge >= 0.3 is 0 Å². The highest BCUT2D eigenvalue weighted by molar-refractivity contribution is 4.74. The van der Waals surface area contributed by atoms with Gasteiger partial charge in [0, 0.05) is 13.2 Å². The lowest BCUT2D eigenvalue weighted by atomic mass is 9.79. The Morgan fingerprint density at radius 2 is 2.18 bits per heavy atom. The molecular weight excluding hydrogens is 136 g/mol. The fourth-order valence-corrected chi connectivity index (χ4v) is 2.05. The minimum absolute atomic E-state index is 0.792. The molecule has 0 saturated carbocycles. The standard InChI is InChI=1S/C10H20O/c1-4-9-5-6-11-7-10(9)8(2)3/h8-10H,4-7H2,1-3H3. The van der Waals surface area contributed by atoms with Gasteiger partial charge in [0.1, 0.15) is 0 Å². The van der Waals surface area contributed by atoms with Crippen molar-refractivity contribution in [2.24, 2.45) is 17.8 Å². The molecule has 66 valence electrons. The highest BCUT2D eigenvalue weighted by Gasteiger charge is 2.26. The molecule has 1 heterocycles. The van der Waals surface area contributed by atoms with Crippen LogP contribution in [0.5, 0.6) is 0 Å². The minimum atomic E-state index is 0.792. The van der Waals surface area contributed by atoms with Crippen LogP contribution in [0.25, 0.3) is 0 Å². The van der Waals surface area contributed by atoms with Gasteiger partial charge in [-0.05, 0) is 24.2 Å². The maximum absolute atomic E-state index is 5.48. The number of hydrogen-bond donors (Lipinski definition) is 0. The van der Waals surface area contributed by atoms with Crippen molar-refractivity contribution < 1.29 is 4.74 Å². The third-order valence-electron chi connectivity index (χ3n) is 2.93. The minimum Gasteiger partial charge on any atom is -0.381 e. The largest absolute Gasteiger partial charge is 0.381 e. The molecule has 1 rings (SSSR count). The zero-order valence-electron chi connectivity index (χ0n) is 7.97. The molecule has 1 nitrogen and oxygen atoms in total. The molecule has 0 N–H and O–H groups in total. The van der Waals surface area contributed by atoms with Gasteiger partial charge in [0.15, 0.2) is 0 Å². The van der Waals surface area contributed by atoms with E-state index in [-0.39, 0.29) is 0 Å². The van der Waals surface area contributed by atoms with Crippen LogP contribution in [-0.4, -0.2) is 13.2 Å². The summed E-state index contributed by atoms with van der Waals surface area (Å²) in [7, 11) is 0. The normalized spacial score (nSPS) is 32.7. The van der Waals surface area contributed by atoms with Crippen molar-refractivity contribution in [2.75, 3.05) is 13.2 Å². The van der Waals surface area contributed by atoms with E-state index in [0.29, 0.717) is 0 Å². The van der Waals surface area contributed by atoms with Gasteiger partial charge in [-0.2, -0.15) is 0 Å². The van der Waals surface area contributed by atoms with Gasteiger partial charge in [0.25, 0.3) is 0 Å². The van der Waals surface area contributed by atoms with E-state index in [1.54, 1.807) is 0 Å². The summed E-state index contributed by atoms with van der Waals surface area (Å²) < 4.78 is 5.48. The highest BCUT2D eigenvalue weighted by atomic mass is 16.5. The summed E-state index contributed by atoms with van der Waals surface area (Å²) in [6, 6.07) is 0. The molecule has 0 bridgehead atoms. The molecule has 0 spiro atoms. The molecule has 11 heavy (non-hydrogen) atoms. The first kappa shape index (κ1) is 9.05. The molecule has 0 amide bonds. The quantitative estimate of drug-likeness (QED) is 0.597. The maximum Gasteiger partial charge on any atom is 0.0499 e. The summed E-state index contributed by atoms with van der Waals surface area (Å²) in [6.45, 7) is 8.90. The number of hydrogen-bond acceptors (Lipinski definition) is 1. The van der Waals surface area contributed by atoms with E-state index < -0.39 is 0 Å². The van der Waals surface area contributed by atoms with E-state index in [0.717, 1.165) is 31.0 Å². The van der Waals surface area contributed by atoms with Crippen molar-refractivity contribution in [1.82, 2.24) is 0 Å². The summed E-state index contributed by atoms with van der Waals surface area (Å²) in [5, 5.41) is 0. The molecule has 2 unspecified atom stereocenters. The van der Waals surface area contributed by atoms with Crippen LogP contribution < -0.4 is 0 Å². The smallest absolute Gasteiger partial charge is 0.0499 e. The van der Waals surface area contributed by atoms with Gasteiger partial charge in [0.05, 0.1) is 0 Å². The zero-order chi connectivity index (χ0) is 8.27. The second kappa shape index (κ2) is 4.10. The Kier molecular flexibility index (Phi) is 3.38. The monoisotopic (exact) mass is 156 g/mol. The topological polar surface area (TPSA) is 9.23 Å². The molecule has 0 aliphatic carbocycles. The molecule has 0 aromatic rings. The second-order valence-electron chi connectivity index (χ2n) is 3.94. The lowest BCUT2D eigenvalue weighted by Gasteiger charge is -2.33. The highest BCUT2D eigenvalue weighted by Crippen LogP contribution is 2.30. The molecule has 1 heteroatoms. The van der Waals surface area contributed by atoms with E-state index in [2.05, 4.69) is 20.8 Å². The molecule has 1 fully saturated rings. The van der Waals surface area contributed by atoms with Crippen LogP contribution in [0.15, 0.2) is 0 Å². The summed E-state index contributed by atoms with van der Waals surface area (Å²) in [6.07, 6.45) is 2.60. The Morgan fingerprint density at radius 3 is 2.64 bits per heavy atom. The molecule has 1 aliphatic heterocycles. The number of rotatable bonds is 2. The predicted octanol–water partition coefficient (Wildman–Crippen LogP) is 2.71. The van der Waals surface area contributed by atoms with Crippen molar-refractivity contribution in [3.05, 3.63) is 0 Å². The van der Waals surface area contributed by atoms with E-state index >= 15 is 0 Å². The first-order valence-electron chi connectivity index (χ1n) is 4.83. The predicted molar refractivity (Wildman–Crippen MR) is 47.5 cm³/mol. The van der Waals surface area contributed by atoms with E-state index in [9.17, 15) is 0 Å². The number of ether oxygens (including phenoxy) is 1. The Hall–Kier alpha value is -0.0400. The van der Waals surface area contributed by atoms with Gasteiger partial charge in [-0.3, -0.25) is 0 Å². The summed E-state index contributed by atoms with van der Waals surface area (Å²) in [5.41, 5.74) is 0. The second-order valence-corrected chi connectivity index (χ2v) is 3.94. The van der Waals surface area contributed by atoms with Crippen LogP contribution in [0.3, 0.4) is 0 Å². The van der Waals surface area contributed by atoms with Crippen molar-refractivity contribution >= 4 is 0 Å². The summed E-state index contributed by atoms with van der Waals surface area (Å²) in [5.74, 6) is 2.53. The van der Waals surface area contributed by atoms with E-state index in [4.69, 9.17) is 4.74 Å². The third-order valence-corrected chi connectivity index (χ3v) is 2.93. The van der Waals surface area contributed by atoms with Crippen LogP contribution in [0, 0.1) is 17.8 Å². The Morgan fingerprint density at radius 1 is 1.45 bits per heavy atom. The van der Waals surface area contributed by atoms with Crippen molar-refractivity contribution in [2.45, 2.75) is 33.6 Å². The van der Waals surface area contributed by atoms with Gasteiger partial charge < -0.3 is 4.74 Å². The van der Waals surface area contributed by atoms with Crippen molar-refractivity contribution in [1.29, 1.82) is 0 Å². The van der Waals surface area contributed by atoms with Crippen LogP contribution >= 0.6 is 0 Å². The fourth-order valence-electron chi connectivity index (χ4n) is 2.05. The van der Waals surface area contributed by atoms with Gasteiger partial charge in [-0.15, -0.1) is 0 Å². The average molecular weight is 156 g/mol. The van der Waals surface area contributed by atoms with E-state index in [1.165, 1.54) is 12.8 Å². The first-order chi connectivity index (χ1) is 5.25. The molecule has 0 aromatic heterocycles. The van der Waals surface area contributed by atoms with Crippen LogP contribution in [-0.2, 0) is 4.74 Å². The summed E-state index contributed by atoms with van der Waals surface area (Å²) >= 11 is 0. The first-order valence-corrected chi connectivity index (χ1v) is 4.83. The molecule has 0 radical (unpaired) electrons. The Labute approximate surface area is 70.1 Å². The lowest BCUT2D eigenvalue weighted by molar-refractivity contribution is -0.00340. The van der Waals surface area contributed by atoms with Gasteiger partial charge in [-0.1, -0.05) is 27.2 Å². The van der Waals surface area contributed by atoms with Crippen molar-refractivity contribution in [3.8, 4) is 0 Å². The third kappa shape index (κ3) is 2.19. The molecule has 1 aliphatic rings. The van der Waals surface area contributed by atoms with Gasteiger partial charge in [-0.25, -0.2) is 0 Å². The maximum atomic E-state index is 5.48. The van der Waals surface area contributed by atoms with Crippen LogP contribution in [0.2, 0.25) is 0 Å². The molecule has 1 saturated heterocycles. The molecule has 2 atom stereocenters. The van der Waals surface area contributed by atoms with Crippen LogP contribution in [0.4, 0.5) is 0 Å². The van der Waals surface area contributed by atoms with Gasteiger partial charge in [0.2, 0.25) is 0 Å². The summed E-state index contributed by atoms with van der Waals surface area (Å²) in [4.78, 5) is 0. The Bertz CT molecular complexity index is 109. The van der Waals surface area contributed by atoms with Crippen LogP contribution in [0.1, 0.15) is 33.6 Å². The van der Waals surface area contributed by atoms with E-state index in [1.807, 2.05) is 0 Å². The zero-order valence-corrected chi connectivity index (χ0v) is 7.97. The SMILES string of the molecule is CCC1CCOCC1C(C)C. The molecular formula is C10H20O. The molecule has 0 aromatic carbocycles. The Balaban J connectivity index is 2.44.